The van der Waals surface area contributed by atoms with Gasteiger partial charge in [0, 0.05) is 5.92 Å². The number of halogens is 2. The van der Waals surface area contributed by atoms with Crippen molar-refractivity contribution in [3.05, 3.63) is 28.0 Å². The minimum Gasteiger partial charge on any atom is -0.397 e. The van der Waals surface area contributed by atoms with Crippen LogP contribution in [0.15, 0.2) is 16.8 Å². The molecule has 0 aliphatic heterocycles. The second-order valence-electron chi connectivity index (χ2n) is 4.81. The van der Waals surface area contributed by atoms with Crippen molar-refractivity contribution in [2.45, 2.75) is 19.3 Å². The van der Waals surface area contributed by atoms with E-state index < -0.39 is 0 Å². The van der Waals surface area contributed by atoms with Crippen LogP contribution in [-0.2, 0) is 6.42 Å². The van der Waals surface area contributed by atoms with Crippen molar-refractivity contribution in [2.24, 2.45) is 5.92 Å². The summed E-state index contributed by atoms with van der Waals surface area (Å²) in [6, 6.07) is 0. The van der Waals surface area contributed by atoms with Crippen molar-refractivity contribution < 1.29 is 4.79 Å². The summed E-state index contributed by atoms with van der Waals surface area (Å²) in [5.74, 6) is -0.145. The van der Waals surface area contributed by atoms with Crippen molar-refractivity contribution in [1.82, 2.24) is 15.2 Å². The number of nitrogens with two attached hydrogens (primary N) is 1. The quantitative estimate of drug-likeness (QED) is 0.893. The van der Waals surface area contributed by atoms with E-state index in [0.717, 1.165) is 12.1 Å². The number of carbonyl (C=O) groups excluding carboxylic acids is 1. The van der Waals surface area contributed by atoms with Crippen LogP contribution in [0.1, 0.15) is 28.9 Å². The first kappa shape index (κ1) is 13.4. The molecule has 1 aliphatic rings. The van der Waals surface area contributed by atoms with E-state index in [4.69, 9.17) is 28.9 Å². The zero-order valence-corrected chi connectivity index (χ0v) is 12.0. The van der Waals surface area contributed by atoms with Crippen LogP contribution in [0.5, 0.6) is 0 Å². The number of nitrogens with zero attached hydrogens (tertiary/aromatic N) is 2. The number of aryl methyl sites for hydroxylation is 1. The molecule has 1 unspecified atom stereocenters. The Labute approximate surface area is 125 Å². The number of Topliss-reactive ketones (excluding diaryl/α,β-unsaturated/α-hetero) is 1. The van der Waals surface area contributed by atoms with Crippen LogP contribution in [0.4, 0.5) is 5.69 Å². The summed E-state index contributed by atoms with van der Waals surface area (Å²) in [6.07, 6.45) is 5.18. The summed E-state index contributed by atoms with van der Waals surface area (Å²) >= 11 is 11.2. The first-order chi connectivity index (χ1) is 9.58. The van der Waals surface area contributed by atoms with Crippen LogP contribution in [-0.4, -0.2) is 21.0 Å². The van der Waals surface area contributed by atoms with Gasteiger partial charge in [0.05, 0.1) is 28.5 Å². The molecule has 1 atom stereocenters. The van der Waals surface area contributed by atoms with Gasteiger partial charge >= 0.3 is 0 Å². The third-order valence-corrected chi connectivity index (χ3v) is 3.93. The Bertz CT molecular complexity index is 718. The molecular formula is C13H12Cl2N4O. The molecule has 2 heterocycles. The number of anilines is 1. The topological polar surface area (TPSA) is 84.7 Å². The predicted molar refractivity (Wildman–Crippen MR) is 78.8 cm³/mol. The van der Waals surface area contributed by atoms with E-state index in [0.29, 0.717) is 35.1 Å². The lowest BCUT2D eigenvalue weighted by Crippen LogP contribution is -2.24. The molecule has 0 aromatic carbocycles. The molecule has 0 spiro atoms. The second kappa shape index (κ2) is 5.07. The van der Waals surface area contributed by atoms with Crippen LogP contribution in [0.2, 0.25) is 0 Å². The first-order valence-electron chi connectivity index (χ1n) is 6.24. The average molecular weight is 311 g/mol. The molecule has 0 bridgehead atoms. The number of H-pyrrole nitrogens is 1. The van der Waals surface area contributed by atoms with Crippen LogP contribution in [0, 0.1) is 5.92 Å². The predicted octanol–water partition coefficient (Wildman–Crippen LogP) is 2.99. The number of carbonyl (C=O) groups is 1. The molecule has 0 amide bonds. The molecule has 0 fully saturated rings. The lowest BCUT2D eigenvalue weighted by atomic mass is 9.82. The van der Waals surface area contributed by atoms with Crippen LogP contribution < -0.4 is 5.73 Å². The minimum absolute atomic E-state index is 0.00480. The number of aromatic amines is 1. The van der Waals surface area contributed by atoms with Gasteiger partial charge in [0.15, 0.2) is 11.4 Å². The zero-order valence-electron chi connectivity index (χ0n) is 10.5. The van der Waals surface area contributed by atoms with E-state index in [1.165, 1.54) is 0 Å². The normalized spacial score (nSPS) is 18.1. The van der Waals surface area contributed by atoms with Gasteiger partial charge in [-0.1, -0.05) is 29.3 Å². The van der Waals surface area contributed by atoms with Crippen LogP contribution >= 0.6 is 23.2 Å². The number of aromatic nitrogens is 3. The smallest absolute Gasteiger partial charge is 0.170 e. The standard InChI is InChI=1S/C13H12Cl2N4O/c14-9(15)4-2-6-1-3-8-10(12(6)20)11(16)7-5-17-19-13(7)18-8/h4-6H,1-3H2,(H3,16,17,18,19). The number of pyridine rings is 1. The molecule has 104 valence electrons. The van der Waals surface area contributed by atoms with Crippen molar-refractivity contribution in [1.29, 1.82) is 0 Å². The summed E-state index contributed by atoms with van der Waals surface area (Å²) < 4.78 is 0.181. The van der Waals surface area contributed by atoms with E-state index in [9.17, 15) is 4.79 Å². The molecule has 0 saturated heterocycles. The maximum Gasteiger partial charge on any atom is 0.170 e. The van der Waals surface area contributed by atoms with Gasteiger partial charge in [0.25, 0.3) is 0 Å². The molecular weight excluding hydrogens is 299 g/mol. The minimum atomic E-state index is -0.150. The highest BCUT2D eigenvalue weighted by atomic mass is 35.5. The van der Waals surface area contributed by atoms with Gasteiger partial charge in [-0.2, -0.15) is 5.10 Å². The third kappa shape index (κ3) is 2.17. The van der Waals surface area contributed by atoms with Crippen LogP contribution in [0.25, 0.3) is 11.0 Å². The van der Waals surface area contributed by atoms with Gasteiger partial charge in [-0.3, -0.25) is 9.89 Å². The van der Waals surface area contributed by atoms with E-state index in [-0.39, 0.29) is 16.2 Å². The largest absolute Gasteiger partial charge is 0.397 e. The Morgan fingerprint density at radius 2 is 2.35 bits per heavy atom. The summed E-state index contributed by atoms with van der Waals surface area (Å²) in [5, 5.41) is 7.38. The number of rotatable bonds is 2. The number of ketones is 1. The number of hydrogen-bond acceptors (Lipinski definition) is 4. The first-order valence-corrected chi connectivity index (χ1v) is 7.00. The fourth-order valence-electron chi connectivity index (χ4n) is 2.60. The van der Waals surface area contributed by atoms with E-state index in [2.05, 4.69) is 15.2 Å². The number of hydrogen-bond donors (Lipinski definition) is 2. The Hall–Kier alpha value is -1.59. The Kier molecular flexibility index (Phi) is 3.40. The maximum atomic E-state index is 12.5. The highest BCUT2D eigenvalue weighted by Gasteiger charge is 2.30. The number of fused-ring (bicyclic) bond motifs is 2. The fraction of sp³-hybridized carbons (Fsp3) is 0.308. The summed E-state index contributed by atoms with van der Waals surface area (Å²) in [6.45, 7) is 0. The zero-order chi connectivity index (χ0) is 14.3. The summed E-state index contributed by atoms with van der Waals surface area (Å²) in [4.78, 5) is 17.0. The lowest BCUT2D eigenvalue weighted by Gasteiger charge is -2.23. The van der Waals surface area contributed by atoms with Gasteiger partial charge in [0.1, 0.15) is 4.49 Å². The molecule has 20 heavy (non-hydrogen) atoms. The Morgan fingerprint density at radius 1 is 1.55 bits per heavy atom. The number of nitrogens with one attached hydrogen (secondary N) is 1. The van der Waals surface area contributed by atoms with Crippen molar-refractivity contribution in [3.8, 4) is 0 Å². The molecule has 2 aromatic heterocycles. The van der Waals surface area contributed by atoms with E-state index in [1.807, 2.05) is 0 Å². The lowest BCUT2D eigenvalue weighted by molar-refractivity contribution is 0.0903. The molecule has 3 N–H and O–H groups in total. The molecule has 3 rings (SSSR count). The average Bonchev–Trinajstić information content (AvgIpc) is 2.86. The molecule has 7 heteroatoms. The second-order valence-corrected chi connectivity index (χ2v) is 5.82. The Balaban J connectivity index is 2.04. The van der Waals surface area contributed by atoms with Gasteiger partial charge in [-0.25, -0.2) is 4.98 Å². The third-order valence-electron chi connectivity index (χ3n) is 3.62. The summed E-state index contributed by atoms with van der Waals surface area (Å²) in [7, 11) is 0. The molecule has 0 radical (unpaired) electrons. The van der Waals surface area contributed by atoms with Gasteiger partial charge in [0.2, 0.25) is 0 Å². The maximum absolute atomic E-state index is 12.5. The SMILES string of the molecule is Nc1c2c(nc3[nH]ncc13)CCC(CC=C(Cl)Cl)C2=O. The highest BCUT2D eigenvalue weighted by molar-refractivity contribution is 6.55. The van der Waals surface area contributed by atoms with E-state index >= 15 is 0 Å². The van der Waals surface area contributed by atoms with Crippen LogP contribution in [0.3, 0.4) is 0 Å². The summed E-state index contributed by atoms with van der Waals surface area (Å²) in [5.41, 5.74) is 8.44. The van der Waals surface area contributed by atoms with Crippen molar-refractivity contribution in [3.63, 3.8) is 0 Å². The fourth-order valence-corrected chi connectivity index (χ4v) is 2.78. The highest BCUT2D eigenvalue weighted by Crippen LogP contribution is 2.34. The number of allylic oxidation sites excluding steroid dienone is 1. The number of nitrogen functional groups attached to an aromatic ring is 1. The Morgan fingerprint density at radius 3 is 3.10 bits per heavy atom. The molecule has 2 aromatic rings. The monoisotopic (exact) mass is 310 g/mol. The van der Waals surface area contributed by atoms with Crippen molar-refractivity contribution >= 4 is 45.7 Å². The molecule has 1 aliphatic carbocycles. The van der Waals surface area contributed by atoms with Gasteiger partial charge in [-0.15, -0.1) is 0 Å². The van der Waals surface area contributed by atoms with Gasteiger partial charge in [-0.05, 0) is 19.3 Å². The molecule has 5 nitrogen and oxygen atoms in total. The molecule has 0 saturated carbocycles. The van der Waals surface area contributed by atoms with Crippen molar-refractivity contribution in [2.75, 3.05) is 5.73 Å². The van der Waals surface area contributed by atoms with E-state index in [1.54, 1.807) is 12.3 Å². The van der Waals surface area contributed by atoms with Gasteiger partial charge < -0.3 is 5.73 Å².